The summed E-state index contributed by atoms with van der Waals surface area (Å²) in [7, 11) is 0. The molecule has 16 heteroatoms. The molecule has 76 heavy (non-hydrogen) atoms. The van der Waals surface area contributed by atoms with Crippen LogP contribution in [0.4, 0.5) is 0 Å². The van der Waals surface area contributed by atoms with Gasteiger partial charge in [0.05, 0.1) is 59.0 Å². The summed E-state index contributed by atoms with van der Waals surface area (Å²) in [6, 6.07) is 57.6. The van der Waals surface area contributed by atoms with Gasteiger partial charge in [-0.3, -0.25) is 0 Å². The summed E-state index contributed by atoms with van der Waals surface area (Å²) >= 11 is 0. The quantitative estimate of drug-likeness (QED) is 0.0345. The number of azide groups is 1. The van der Waals surface area contributed by atoms with E-state index < -0.39 is 92.1 Å². The number of rotatable bonds is 24. The molecule has 0 amide bonds. The van der Waals surface area contributed by atoms with Crippen LogP contribution in [-0.4, -0.2) is 110 Å². The highest BCUT2D eigenvalue weighted by Gasteiger charge is 2.58. The summed E-state index contributed by atoms with van der Waals surface area (Å²) in [4.78, 5) is 3.25. The second kappa shape index (κ2) is 26.9. The molecule has 6 aromatic carbocycles. The average Bonchev–Trinajstić information content (AvgIpc) is 3.96. The van der Waals surface area contributed by atoms with Gasteiger partial charge in [0.15, 0.2) is 18.9 Å². The third kappa shape index (κ3) is 13.8. The monoisotopic (exact) mass is 1040 g/mol. The number of fused-ring (bicyclic) bond motifs is 2. The third-order valence-corrected chi connectivity index (χ3v) is 14.0. The number of hydrogen-bond donors (Lipinski definition) is 1. The van der Waals surface area contributed by atoms with Gasteiger partial charge in [-0.25, -0.2) is 0 Å². The van der Waals surface area contributed by atoms with Crippen LogP contribution >= 0.6 is 0 Å². The standard InChI is InChI=1S/C60H65N3O13/c1-40-51(66-33-42-22-10-3-11-23-42)56(69-36-45-28-16-6-17-29-45)57(70-37-46-30-18-7-19-31-46)60(72-40)76-54-49(62-63-61)58-71-39-48(73-58)53(54)75-59-55(68-35-44-26-14-5-15-27-44)50(64)52(67-34-43-24-12-4-13-25-43)47(74-59)38-65-32-41-20-8-2-9-21-41/h2-31,40,47-60,64H,32-39H2,1H3/t40-,47+,48+,49+,50-,51+,52-,53+,54+,55+,56+,57-,58+,59-,60-/m0/s1. The fourth-order valence-corrected chi connectivity index (χ4v) is 10.1. The number of benzene rings is 6. The Hall–Kier alpha value is -5.89. The Bertz CT molecular complexity index is 2680. The van der Waals surface area contributed by atoms with Gasteiger partial charge >= 0.3 is 0 Å². The van der Waals surface area contributed by atoms with E-state index in [2.05, 4.69) is 10.0 Å². The molecule has 0 saturated carbocycles. The van der Waals surface area contributed by atoms with Gasteiger partial charge in [0.2, 0.25) is 0 Å². The minimum atomic E-state index is -1.30. The van der Waals surface area contributed by atoms with Gasteiger partial charge < -0.3 is 61.9 Å². The zero-order valence-corrected chi connectivity index (χ0v) is 42.3. The van der Waals surface area contributed by atoms with Crippen LogP contribution in [0.15, 0.2) is 187 Å². The molecule has 2 bridgehead atoms. The molecule has 4 aliphatic heterocycles. The molecule has 4 aliphatic rings. The topological polar surface area (TPSA) is 180 Å². The molecule has 0 aromatic heterocycles. The van der Waals surface area contributed by atoms with Gasteiger partial charge in [0, 0.05) is 4.91 Å². The van der Waals surface area contributed by atoms with E-state index in [1.54, 1.807) is 0 Å². The van der Waals surface area contributed by atoms with Crippen LogP contribution in [-0.2, 0) is 96.5 Å². The van der Waals surface area contributed by atoms with E-state index in [0.717, 1.165) is 33.4 Å². The van der Waals surface area contributed by atoms with Crippen molar-refractivity contribution in [2.24, 2.45) is 5.11 Å². The molecule has 4 saturated heterocycles. The fraction of sp³-hybridized carbons (Fsp3) is 0.400. The van der Waals surface area contributed by atoms with E-state index in [4.69, 9.17) is 56.8 Å². The van der Waals surface area contributed by atoms with Crippen molar-refractivity contribution in [3.05, 3.63) is 226 Å². The number of hydrogen-bond acceptors (Lipinski definition) is 14. The molecular formula is C60H65N3O13. The highest BCUT2D eigenvalue weighted by Crippen LogP contribution is 2.40. The molecule has 15 atom stereocenters. The predicted molar refractivity (Wildman–Crippen MR) is 277 cm³/mol. The lowest BCUT2D eigenvalue weighted by Crippen LogP contribution is -2.65. The second-order valence-electron chi connectivity index (χ2n) is 19.3. The van der Waals surface area contributed by atoms with Crippen molar-refractivity contribution >= 4 is 0 Å². The van der Waals surface area contributed by atoms with Crippen LogP contribution in [0.2, 0.25) is 0 Å². The summed E-state index contributed by atoms with van der Waals surface area (Å²) in [6.07, 6.45) is -13.4. The van der Waals surface area contributed by atoms with Gasteiger partial charge in [-0.15, -0.1) is 0 Å². The molecule has 0 radical (unpaired) electrons. The summed E-state index contributed by atoms with van der Waals surface area (Å²) in [5.41, 5.74) is 15.7. The number of ether oxygens (including phenoxy) is 12. The van der Waals surface area contributed by atoms with Crippen molar-refractivity contribution in [1.82, 2.24) is 0 Å². The number of nitrogens with zero attached hydrogens (tertiary/aromatic N) is 3. The largest absolute Gasteiger partial charge is 0.387 e. The summed E-state index contributed by atoms with van der Waals surface area (Å²) in [6.45, 7) is 3.28. The van der Waals surface area contributed by atoms with E-state index in [1.807, 2.05) is 189 Å². The van der Waals surface area contributed by atoms with Crippen molar-refractivity contribution < 1.29 is 61.9 Å². The maximum Gasteiger partial charge on any atom is 0.187 e. The second-order valence-corrected chi connectivity index (χ2v) is 19.3. The fourth-order valence-electron chi connectivity index (χ4n) is 10.1. The van der Waals surface area contributed by atoms with E-state index in [0.29, 0.717) is 0 Å². The first-order valence-corrected chi connectivity index (χ1v) is 26.0. The Kier molecular flexibility index (Phi) is 19.0. The Labute approximate surface area is 443 Å². The minimum absolute atomic E-state index is 0.0276. The van der Waals surface area contributed by atoms with Crippen LogP contribution in [0.25, 0.3) is 10.4 Å². The summed E-state index contributed by atoms with van der Waals surface area (Å²) in [5.74, 6) is 0. The molecule has 1 N–H and O–H groups in total. The van der Waals surface area contributed by atoms with Crippen LogP contribution in [0.5, 0.6) is 0 Å². The van der Waals surface area contributed by atoms with E-state index in [1.165, 1.54) is 0 Å². The van der Waals surface area contributed by atoms with Crippen molar-refractivity contribution in [2.75, 3.05) is 13.2 Å². The lowest BCUT2D eigenvalue weighted by atomic mass is 9.95. The smallest absolute Gasteiger partial charge is 0.187 e. The Balaban J connectivity index is 0.976. The molecule has 0 unspecified atom stereocenters. The maximum absolute atomic E-state index is 12.6. The predicted octanol–water partition coefficient (Wildman–Crippen LogP) is 9.17. The van der Waals surface area contributed by atoms with Gasteiger partial charge in [-0.05, 0) is 45.8 Å². The van der Waals surface area contributed by atoms with Crippen molar-refractivity contribution in [1.29, 1.82) is 0 Å². The minimum Gasteiger partial charge on any atom is -0.387 e. The molecule has 4 fully saturated rings. The van der Waals surface area contributed by atoms with Gasteiger partial charge in [-0.2, -0.15) is 0 Å². The van der Waals surface area contributed by atoms with Gasteiger partial charge in [0.1, 0.15) is 67.1 Å². The van der Waals surface area contributed by atoms with E-state index in [9.17, 15) is 10.6 Å². The molecule has 16 nitrogen and oxygen atoms in total. The first-order chi connectivity index (χ1) is 37.5. The van der Waals surface area contributed by atoms with Gasteiger partial charge in [-0.1, -0.05) is 187 Å². The molecule has 0 spiro atoms. The van der Waals surface area contributed by atoms with Gasteiger partial charge in [0.25, 0.3) is 0 Å². The van der Waals surface area contributed by atoms with Crippen molar-refractivity contribution in [3.8, 4) is 0 Å². The molecule has 0 aliphatic carbocycles. The lowest BCUT2D eigenvalue weighted by molar-refractivity contribution is -0.368. The van der Waals surface area contributed by atoms with Crippen molar-refractivity contribution in [2.45, 2.75) is 139 Å². The highest BCUT2D eigenvalue weighted by atomic mass is 16.8. The summed E-state index contributed by atoms with van der Waals surface area (Å²) in [5, 5.41) is 16.8. The maximum atomic E-state index is 12.6. The molecule has 6 aromatic rings. The SMILES string of the molecule is C[C@@H]1O[C@@H](O[C@@H]2[C@@H](N=[N+]=[N-])[C@@H]3OC[C@@H](O3)[C@H]2O[C@@H]2O[C@H](COCc3ccccc3)[C@H](OCc3ccccc3)[C@H](O)[C@H]2OCc2ccccc2)[C@@H](OCc2ccccc2)[C@H](OCc2ccccc2)[C@@H]1OCc1ccccc1. The van der Waals surface area contributed by atoms with E-state index >= 15 is 0 Å². The Morgan fingerprint density at radius 3 is 1.37 bits per heavy atom. The van der Waals surface area contributed by atoms with Crippen LogP contribution in [0.1, 0.15) is 40.3 Å². The zero-order chi connectivity index (χ0) is 51.9. The molecular weight excluding hydrogens is 971 g/mol. The molecule has 4 heterocycles. The first-order valence-electron chi connectivity index (χ1n) is 26.0. The highest BCUT2D eigenvalue weighted by molar-refractivity contribution is 5.18. The van der Waals surface area contributed by atoms with Crippen molar-refractivity contribution in [3.63, 3.8) is 0 Å². The van der Waals surface area contributed by atoms with Crippen LogP contribution in [0.3, 0.4) is 0 Å². The average molecular weight is 1040 g/mol. The molecule has 10 rings (SSSR count). The third-order valence-electron chi connectivity index (χ3n) is 14.0. The number of aliphatic hydroxyl groups excluding tert-OH is 1. The lowest BCUT2D eigenvalue weighted by Gasteiger charge is -2.49. The first kappa shape index (κ1) is 53.5. The number of aliphatic hydroxyl groups is 1. The zero-order valence-electron chi connectivity index (χ0n) is 42.3. The van der Waals surface area contributed by atoms with Crippen LogP contribution < -0.4 is 0 Å². The Morgan fingerprint density at radius 1 is 0.474 bits per heavy atom. The Morgan fingerprint density at radius 2 is 0.882 bits per heavy atom. The molecule has 398 valence electrons. The normalized spacial score (nSPS) is 30.1. The van der Waals surface area contributed by atoms with Crippen LogP contribution in [0, 0.1) is 0 Å². The summed E-state index contributed by atoms with van der Waals surface area (Å²) < 4.78 is 80.7. The van der Waals surface area contributed by atoms with E-state index in [-0.39, 0.29) is 52.9 Å².